The number of rotatable bonds is 12. The Labute approximate surface area is 251 Å². The van der Waals surface area contributed by atoms with Crippen molar-refractivity contribution in [2.45, 2.75) is 56.7 Å². The molecule has 0 saturated carbocycles. The fourth-order valence-corrected chi connectivity index (χ4v) is 3.88. The maximum Gasteiger partial charge on any atom is 0.305 e. The van der Waals surface area contributed by atoms with E-state index in [1.165, 1.54) is 6.07 Å². The van der Waals surface area contributed by atoms with Gasteiger partial charge in [0.25, 0.3) is 11.6 Å². The fraction of sp³-hybridized carbons (Fsp3) is 0.444. The minimum Gasteiger partial charge on any atom is -0.493 e. The van der Waals surface area contributed by atoms with Crippen molar-refractivity contribution in [3.05, 3.63) is 33.9 Å². The number of primary amides is 1. The van der Waals surface area contributed by atoms with E-state index in [1.54, 1.807) is 0 Å². The van der Waals surface area contributed by atoms with Crippen LogP contribution in [0.3, 0.4) is 0 Å². The van der Waals surface area contributed by atoms with Crippen LogP contribution in [0.1, 0.15) is 48.9 Å². The Morgan fingerprint density at radius 3 is 2.57 bits per heavy atom. The average Bonchev–Trinajstić information content (AvgIpc) is 2.99. The first-order chi connectivity index (χ1) is 21.1. The molecule has 17 heteroatoms. The molecule has 2 rings (SSSR count). The third-order valence-corrected chi connectivity index (χ3v) is 6.15. The molecule has 0 spiro atoms. The highest BCUT2D eigenvalue weighted by Gasteiger charge is 2.31. The lowest BCUT2D eigenvalue weighted by Gasteiger charge is -2.26. The predicted octanol–water partition coefficient (Wildman–Crippen LogP) is -0.899. The van der Waals surface area contributed by atoms with Crippen LogP contribution in [0.4, 0.5) is 5.69 Å². The van der Waals surface area contributed by atoms with Crippen LogP contribution in [-0.2, 0) is 33.8 Å². The number of methoxy groups -OCH3 is 1. The minimum atomic E-state index is -1.38. The van der Waals surface area contributed by atoms with Gasteiger partial charge in [0.15, 0.2) is 6.11 Å². The summed E-state index contributed by atoms with van der Waals surface area (Å²) in [6.07, 6.45) is 7.24. The molecule has 3 atom stereocenters. The zero-order valence-corrected chi connectivity index (χ0v) is 23.7. The largest absolute Gasteiger partial charge is 0.493 e. The molecule has 6 N–H and O–H groups in total. The van der Waals surface area contributed by atoms with E-state index in [4.69, 9.17) is 16.9 Å². The number of nitrogens with zero attached hydrogens (tertiary/aromatic N) is 1. The molecule has 0 aliphatic carbocycles. The van der Waals surface area contributed by atoms with E-state index in [0.717, 1.165) is 19.2 Å². The Balaban J connectivity index is 2.32. The number of unbranched alkanes of at least 4 members (excludes halogenated alkanes) is 1. The molecule has 0 aromatic heterocycles. The quantitative estimate of drug-likeness (QED) is 0.0479. The van der Waals surface area contributed by atoms with Crippen molar-refractivity contribution in [1.82, 2.24) is 21.4 Å². The number of esters is 1. The smallest absolute Gasteiger partial charge is 0.305 e. The summed E-state index contributed by atoms with van der Waals surface area (Å²) in [6, 6.07) is -0.532. The third kappa shape index (κ3) is 11.5. The summed E-state index contributed by atoms with van der Waals surface area (Å²) in [5.74, 6) is 0.0627. The van der Waals surface area contributed by atoms with Gasteiger partial charge in [0.1, 0.15) is 23.9 Å². The molecule has 1 aromatic carbocycles. The Morgan fingerprint density at radius 1 is 1.16 bits per heavy atom. The van der Waals surface area contributed by atoms with Gasteiger partial charge in [-0.15, -0.1) is 6.42 Å². The van der Waals surface area contributed by atoms with Gasteiger partial charge in [0.2, 0.25) is 17.7 Å². The van der Waals surface area contributed by atoms with Crippen LogP contribution in [0, 0.1) is 34.5 Å². The summed E-state index contributed by atoms with van der Waals surface area (Å²) in [5.41, 5.74) is 7.25. The normalized spacial score (nSPS) is 18.6. The van der Waals surface area contributed by atoms with Crippen molar-refractivity contribution < 1.29 is 48.2 Å². The second-order valence-corrected chi connectivity index (χ2v) is 9.17. The summed E-state index contributed by atoms with van der Waals surface area (Å²) in [7, 11) is 1.15. The molecule has 1 heterocycles. The maximum atomic E-state index is 13.4. The third-order valence-electron chi connectivity index (χ3n) is 6.15. The van der Waals surface area contributed by atoms with Gasteiger partial charge < -0.3 is 31.2 Å². The van der Waals surface area contributed by atoms with Gasteiger partial charge in [-0.3, -0.25) is 39.0 Å². The standard InChI is InChI=1S/C27H32N6O11/c1-3-4-14-43-44-29-13-6-5-7-20-26(37)30-19(24(28)35)12-15-42-22-10-8-17(33(39)40)16-18(22)25(36)31-21(27(38)32-20)9-11-23(34)41-2/h1,8,10,16,19-21,29H,5-7,9,11-13,15H2,2H3,(H2,28,35)(H,30,37)(H,31,36)(H,32,38)/t19?,20?,21-/m1/s1. The van der Waals surface area contributed by atoms with Gasteiger partial charge in [-0.1, -0.05) is 4.99 Å². The van der Waals surface area contributed by atoms with Gasteiger partial charge in [-0.2, -0.15) is 5.48 Å². The van der Waals surface area contributed by atoms with Crippen LogP contribution < -0.4 is 31.9 Å². The molecule has 1 aliphatic heterocycles. The number of hydrogen-bond donors (Lipinski definition) is 5. The van der Waals surface area contributed by atoms with Crippen molar-refractivity contribution in [2.24, 2.45) is 5.73 Å². The number of terminal acetylenes is 1. The maximum absolute atomic E-state index is 13.4. The second kappa shape index (κ2) is 18.2. The number of non-ortho nitro benzene ring substituents is 1. The summed E-state index contributed by atoms with van der Waals surface area (Å²) in [4.78, 5) is 83.5. The van der Waals surface area contributed by atoms with Gasteiger partial charge >= 0.3 is 5.97 Å². The number of carbonyl (C=O) groups is 5. The highest BCUT2D eigenvalue weighted by molar-refractivity contribution is 6.01. The summed E-state index contributed by atoms with van der Waals surface area (Å²) in [5, 5.41) is 18.9. The minimum absolute atomic E-state index is 0.0751. The highest BCUT2D eigenvalue weighted by Crippen LogP contribution is 2.25. The van der Waals surface area contributed by atoms with E-state index in [2.05, 4.69) is 48.1 Å². The number of benzene rings is 1. The lowest BCUT2D eigenvalue weighted by molar-refractivity contribution is -0.384. The Bertz CT molecular complexity index is 1330. The van der Waals surface area contributed by atoms with Crippen molar-refractivity contribution in [3.63, 3.8) is 0 Å². The number of carbonyl (C=O) groups excluding carboxylic acids is 5. The molecular formula is C27H32N6O11. The van der Waals surface area contributed by atoms with Gasteiger partial charge in [0, 0.05) is 37.4 Å². The summed E-state index contributed by atoms with van der Waals surface area (Å²) in [6.45, 7) is 0.0405. The van der Waals surface area contributed by atoms with E-state index in [0.29, 0.717) is 12.8 Å². The first kappa shape index (κ1) is 34.8. The van der Waals surface area contributed by atoms with E-state index in [-0.39, 0.29) is 50.1 Å². The van der Waals surface area contributed by atoms with Crippen molar-refractivity contribution in [1.29, 1.82) is 0 Å². The van der Waals surface area contributed by atoms with E-state index in [1.807, 2.05) is 5.92 Å². The van der Waals surface area contributed by atoms with Crippen molar-refractivity contribution in [2.75, 3.05) is 20.3 Å². The lowest BCUT2D eigenvalue weighted by atomic mass is 10.0. The van der Waals surface area contributed by atoms with Gasteiger partial charge in [0.05, 0.1) is 24.2 Å². The molecule has 44 heavy (non-hydrogen) atoms. The molecule has 0 fully saturated rings. The zero-order valence-electron chi connectivity index (χ0n) is 23.7. The molecule has 17 nitrogen and oxygen atoms in total. The number of hydrogen-bond acceptors (Lipinski definition) is 12. The number of ether oxygens (including phenoxy) is 2. The molecule has 236 valence electrons. The number of nitro benzene ring substituents is 1. The Morgan fingerprint density at radius 2 is 1.89 bits per heavy atom. The summed E-state index contributed by atoms with van der Waals surface area (Å²) < 4.78 is 10.3. The Hall–Kier alpha value is -5.39. The monoisotopic (exact) mass is 616 g/mol. The van der Waals surface area contributed by atoms with E-state index >= 15 is 0 Å². The summed E-state index contributed by atoms with van der Waals surface area (Å²) >= 11 is 0. The van der Waals surface area contributed by atoms with Crippen molar-refractivity contribution >= 4 is 35.3 Å². The second-order valence-electron chi connectivity index (χ2n) is 9.17. The first-order valence-corrected chi connectivity index (χ1v) is 13.3. The van der Waals surface area contributed by atoms with Crippen LogP contribution in [0.2, 0.25) is 0 Å². The fourth-order valence-electron chi connectivity index (χ4n) is 3.88. The SMILES string of the molecule is C#CC#COONCCCCC1NC(=O)[C@@H](CCC(=O)OC)NC(=O)c2cc([N+](=O)[O-])ccc2OCCC(C(N)=O)NC1=O. The Kier molecular flexibility index (Phi) is 14.4. The van der Waals surface area contributed by atoms with Crippen LogP contribution in [-0.4, -0.2) is 72.9 Å². The average molecular weight is 617 g/mol. The molecule has 0 bridgehead atoms. The molecule has 0 saturated heterocycles. The number of nitrogens with one attached hydrogen (secondary N) is 4. The predicted molar refractivity (Wildman–Crippen MR) is 149 cm³/mol. The van der Waals surface area contributed by atoms with Crippen LogP contribution >= 0.6 is 0 Å². The lowest BCUT2D eigenvalue weighted by Crippen LogP contribution is -2.56. The number of amides is 4. The molecule has 4 amide bonds. The molecule has 1 aliphatic rings. The highest BCUT2D eigenvalue weighted by atomic mass is 17.3. The molecule has 1 aromatic rings. The number of hydroxylamine groups is 1. The van der Waals surface area contributed by atoms with Crippen molar-refractivity contribution in [3.8, 4) is 30.1 Å². The van der Waals surface area contributed by atoms with Crippen LogP contribution in [0.5, 0.6) is 5.75 Å². The zero-order chi connectivity index (χ0) is 32.5. The number of nitro groups is 1. The molecular weight excluding hydrogens is 584 g/mol. The first-order valence-electron chi connectivity index (χ1n) is 13.3. The van der Waals surface area contributed by atoms with Crippen LogP contribution in [0.25, 0.3) is 0 Å². The van der Waals surface area contributed by atoms with Gasteiger partial charge in [-0.25, -0.2) is 0 Å². The number of fused-ring (bicyclic) bond motifs is 1. The topological polar surface area (TPSA) is 240 Å². The number of nitrogens with two attached hydrogens (primary N) is 1. The molecule has 2 unspecified atom stereocenters. The van der Waals surface area contributed by atoms with Crippen LogP contribution in [0.15, 0.2) is 18.2 Å². The van der Waals surface area contributed by atoms with E-state index < -0.39 is 58.3 Å². The molecule has 0 radical (unpaired) electrons. The van der Waals surface area contributed by atoms with Gasteiger partial charge in [-0.05, 0) is 37.7 Å². The van der Waals surface area contributed by atoms with E-state index in [9.17, 15) is 34.1 Å².